The van der Waals surface area contributed by atoms with Crippen molar-refractivity contribution >= 4 is 17.5 Å². The molecule has 0 atom stereocenters. The standard InChI is InChI=1S/C22H29N3O3/c1-21(2,3)15-8-7-14(18(26)12-15)11-19(27)25(22(4,5)6)16-9-10-24-17(13-16)20(23)28/h7-10,12-13,26H,11H2,1-6H3,(H2,23,28). The molecule has 0 aliphatic carbocycles. The molecule has 2 amide bonds. The van der Waals surface area contributed by atoms with Gasteiger partial charge >= 0.3 is 0 Å². The number of aromatic hydroxyl groups is 1. The molecule has 1 heterocycles. The number of carbonyl (C=O) groups is 2. The van der Waals surface area contributed by atoms with Crippen molar-refractivity contribution in [2.75, 3.05) is 4.90 Å². The largest absolute Gasteiger partial charge is 0.508 e. The van der Waals surface area contributed by atoms with E-state index >= 15 is 0 Å². The number of hydrogen-bond acceptors (Lipinski definition) is 4. The summed E-state index contributed by atoms with van der Waals surface area (Å²) in [5.41, 5.74) is 6.85. The molecule has 2 rings (SSSR count). The van der Waals surface area contributed by atoms with Gasteiger partial charge in [0.1, 0.15) is 11.4 Å². The fourth-order valence-electron chi connectivity index (χ4n) is 3.02. The Morgan fingerprint density at radius 2 is 1.71 bits per heavy atom. The zero-order valence-electron chi connectivity index (χ0n) is 17.4. The van der Waals surface area contributed by atoms with Crippen LogP contribution < -0.4 is 10.6 Å². The SMILES string of the molecule is CC(C)(C)c1ccc(CC(=O)N(c2ccnc(C(N)=O)c2)C(C)(C)C)c(O)c1. The number of rotatable bonds is 4. The number of aromatic nitrogens is 1. The fourth-order valence-corrected chi connectivity index (χ4v) is 3.02. The molecule has 1 aromatic carbocycles. The van der Waals surface area contributed by atoms with Crippen molar-refractivity contribution in [1.82, 2.24) is 4.98 Å². The Morgan fingerprint density at radius 3 is 2.21 bits per heavy atom. The number of nitrogens with two attached hydrogens (primary N) is 1. The number of phenols is 1. The van der Waals surface area contributed by atoms with Crippen molar-refractivity contribution in [3.63, 3.8) is 0 Å². The molecule has 0 spiro atoms. The maximum Gasteiger partial charge on any atom is 0.267 e. The molecule has 6 heteroatoms. The molecule has 0 saturated heterocycles. The van der Waals surface area contributed by atoms with Crippen molar-refractivity contribution in [2.24, 2.45) is 5.73 Å². The first-order valence-corrected chi connectivity index (χ1v) is 9.22. The molecular formula is C22H29N3O3. The molecule has 0 bridgehead atoms. The highest BCUT2D eigenvalue weighted by Gasteiger charge is 2.29. The van der Waals surface area contributed by atoms with Gasteiger partial charge in [0.15, 0.2) is 0 Å². The van der Waals surface area contributed by atoms with Gasteiger partial charge in [-0.3, -0.25) is 14.6 Å². The number of primary amides is 1. The first-order valence-electron chi connectivity index (χ1n) is 9.22. The van der Waals surface area contributed by atoms with Gasteiger partial charge in [-0.1, -0.05) is 32.9 Å². The quantitative estimate of drug-likeness (QED) is 0.844. The van der Waals surface area contributed by atoms with Gasteiger partial charge < -0.3 is 15.7 Å². The summed E-state index contributed by atoms with van der Waals surface area (Å²) in [6.07, 6.45) is 1.48. The molecule has 3 N–H and O–H groups in total. The average molecular weight is 383 g/mol. The summed E-state index contributed by atoms with van der Waals surface area (Å²) < 4.78 is 0. The molecule has 0 fully saturated rings. The average Bonchev–Trinajstić information content (AvgIpc) is 2.54. The first kappa shape index (κ1) is 21.4. The van der Waals surface area contributed by atoms with Crippen LogP contribution in [0, 0.1) is 0 Å². The van der Waals surface area contributed by atoms with Gasteiger partial charge in [-0.05, 0) is 49.9 Å². The number of benzene rings is 1. The van der Waals surface area contributed by atoms with Crippen LogP contribution in [0.3, 0.4) is 0 Å². The number of phenolic OH excluding ortho intramolecular Hbond substituents is 1. The van der Waals surface area contributed by atoms with E-state index in [0.717, 1.165) is 5.56 Å². The third kappa shape index (κ3) is 4.88. The number of carbonyl (C=O) groups excluding carboxylic acids is 2. The van der Waals surface area contributed by atoms with Gasteiger partial charge in [0.2, 0.25) is 5.91 Å². The van der Waals surface area contributed by atoms with Crippen molar-refractivity contribution < 1.29 is 14.7 Å². The summed E-state index contributed by atoms with van der Waals surface area (Å²) in [6, 6.07) is 8.60. The van der Waals surface area contributed by atoms with Crippen LogP contribution in [0.15, 0.2) is 36.5 Å². The normalized spacial score (nSPS) is 11.9. The fraction of sp³-hybridized carbons (Fsp3) is 0.409. The van der Waals surface area contributed by atoms with Gasteiger partial charge in [0, 0.05) is 23.0 Å². The van der Waals surface area contributed by atoms with Gasteiger partial charge in [-0.15, -0.1) is 0 Å². The van der Waals surface area contributed by atoms with Crippen LogP contribution in [0.1, 0.15) is 63.2 Å². The summed E-state index contributed by atoms with van der Waals surface area (Å²) in [5, 5.41) is 10.4. The van der Waals surface area contributed by atoms with E-state index in [1.54, 1.807) is 23.1 Å². The molecule has 0 aliphatic heterocycles. The second kappa shape index (κ2) is 7.62. The zero-order chi connectivity index (χ0) is 21.3. The predicted octanol–water partition coefficient (Wildman–Crippen LogP) is 3.56. The van der Waals surface area contributed by atoms with Gasteiger partial charge in [-0.2, -0.15) is 0 Å². The van der Waals surface area contributed by atoms with E-state index in [0.29, 0.717) is 11.3 Å². The number of hydrogen-bond donors (Lipinski definition) is 2. The maximum atomic E-state index is 13.2. The van der Waals surface area contributed by atoms with Gasteiger partial charge in [-0.25, -0.2) is 0 Å². The summed E-state index contributed by atoms with van der Waals surface area (Å²) >= 11 is 0. The van der Waals surface area contributed by atoms with Gasteiger partial charge in [0.05, 0.1) is 6.42 Å². The van der Waals surface area contributed by atoms with E-state index in [9.17, 15) is 14.7 Å². The highest BCUT2D eigenvalue weighted by Crippen LogP contribution is 2.30. The Morgan fingerprint density at radius 1 is 1.07 bits per heavy atom. The highest BCUT2D eigenvalue weighted by molar-refractivity contribution is 5.98. The molecule has 1 aromatic heterocycles. The van der Waals surface area contributed by atoms with Crippen molar-refractivity contribution in [2.45, 2.75) is 58.9 Å². The zero-order valence-corrected chi connectivity index (χ0v) is 17.4. The van der Waals surface area contributed by atoms with Crippen LogP contribution in [-0.2, 0) is 16.6 Å². The molecule has 6 nitrogen and oxygen atoms in total. The second-order valence-corrected chi connectivity index (χ2v) is 8.93. The molecule has 150 valence electrons. The Kier molecular flexibility index (Phi) is 5.83. The molecule has 0 aliphatic rings. The summed E-state index contributed by atoms with van der Waals surface area (Å²) in [7, 11) is 0. The molecule has 28 heavy (non-hydrogen) atoms. The lowest BCUT2D eigenvalue weighted by Crippen LogP contribution is -2.46. The number of nitrogens with zero attached hydrogens (tertiary/aromatic N) is 2. The second-order valence-electron chi connectivity index (χ2n) is 8.93. The van der Waals surface area contributed by atoms with E-state index < -0.39 is 11.4 Å². The molecule has 0 radical (unpaired) electrons. The summed E-state index contributed by atoms with van der Waals surface area (Å²) in [4.78, 5) is 30.2. The Balaban J connectivity index is 2.38. The summed E-state index contributed by atoms with van der Waals surface area (Å²) in [5.74, 6) is -0.756. The minimum atomic E-state index is -0.654. The van der Waals surface area contributed by atoms with E-state index in [1.807, 2.05) is 26.8 Å². The number of amides is 2. The Hall–Kier alpha value is -2.89. The van der Waals surface area contributed by atoms with Crippen molar-refractivity contribution in [3.8, 4) is 5.75 Å². The highest BCUT2D eigenvalue weighted by atomic mass is 16.3. The summed E-state index contributed by atoms with van der Waals surface area (Å²) in [6.45, 7) is 11.9. The first-order chi connectivity index (χ1) is 12.8. The third-order valence-electron chi connectivity index (χ3n) is 4.47. The van der Waals surface area contributed by atoms with E-state index in [1.165, 1.54) is 12.3 Å². The lowest BCUT2D eigenvalue weighted by molar-refractivity contribution is -0.118. The Bertz CT molecular complexity index is 893. The smallest absolute Gasteiger partial charge is 0.267 e. The molecular weight excluding hydrogens is 354 g/mol. The van der Waals surface area contributed by atoms with Crippen LogP contribution >= 0.6 is 0 Å². The third-order valence-corrected chi connectivity index (χ3v) is 4.47. The predicted molar refractivity (Wildman–Crippen MR) is 111 cm³/mol. The topological polar surface area (TPSA) is 96.5 Å². The molecule has 0 unspecified atom stereocenters. The van der Waals surface area contributed by atoms with Crippen LogP contribution in [0.25, 0.3) is 0 Å². The van der Waals surface area contributed by atoms with E-state index in [2.05, 4.69) is 25.8 Å². The van der Waals surface area contributed by atoms with Crippen LogP contribution in [0.2, 0.25) is 0 Å². The van der Waals surface area contributed by atoms with Crippen LogP contribution in [-0.4, -0.2) is 27.4 Å². The van der Waals surface area contributed by atoms with E-state index in [4.69, 9.17) is 5.73 Å². The minimum Gasteiger partial charge on any atom is -0.508 e. The number of anilines is 1. The molecule has 2 aromatic rings. The lowest BCUT2D eigenvalue weighted by Gasteiger charge is -2.36. The van der Waals surface area contributed by atoms with E-state index in [-0.39, 0.29) is 29.2 Å². The Labute approximate surface area is 166 Å². The van der Waals surface area contributed by atoms with Crippen LogP contribution in [0.4, 0.5) is 5.69 Å². The van der Waals surface area contributed by atoms with Crippen molar-refractivity contribution in [3.05, 3.63) is 53.3 Å². The molecule has 0 saturated carbocycles. The van der Waals surface area contributed by atoms with Crippen molar-refractivity contribution in [1.29, 1.82) is 0 Å². The minimum absolute atomic E-state index is 0.0295. The monoisotopic (exact) mass is 383 g/mol. The number of pyridine rings is 1. The maximum absolute atomic E-state index is 13.2. The van der Waals surface area contributed by atoms with Gasteiger partial charge in [0.25, 0.3) is 5.91 Å². The lowest BCUT2D eigenvalue weighted by atomic mass is 9.86. The van der Waals surface area contributed by atoms with Crippen LogP contribution in [0.5, 0.6) is 5.75 Å².